The van der Waals surface area contributed by atoms with Crippen molar-refractivity contribution in [1.82, 2.24) is 14.8 Å². The number of carbonyl (C=O) groups is 2. The lowest BCUT2D eigenvalue weighted by molar-refractivity contribution is -0.116. The zero-order valence-corrected chi connectivity index (χ0v) is 18.5. The molecule has 0 saturated carbocycles. The van der Waals surface area contributed by atoms with E-state index < -0.39 is 0 Å². The molecule has 0 fully saturated rings. The second-order valence-electron chi connectivity index (χ2n) is 7.42. The molecule has 1 aromatic heterocycles. The van der Waals surface area contributed by atoms with Crippen LogP contribution < -0.4 is 5.32 Å². The number of hydrogen-bond acceptors (Lipinski definition) is 5. The van der Waals surface area contributed by atoms with Crippen molar-refractivity contribution in [3.05, 3.63) is 47.0 Å². The van der Waals surface area contributed by atoms with E-state index in [0.29, 0.717) is 17.2 Å². The minimum Gasteiger partial charge on any atom is -0.329 e. The number of carbonyl (C=O) groups excluding carboxylic acids is 2. The molecule has 2 aromatic rings. The van der Waals surface area contributed by atoms with Gasteiger partial charge in [-0.3, -0.25) is 9.59 Å². The third kappa shape index (κ3) is 8.33. The summed E-state index contributed by atoms with van der Waals surface area (Å²) in [5, 5.41) is 5.11. The number of nitrogens with one attached hydrogen (secondary N) is 1. The number of aryl methyl sites for hydroxylation is 1. The van der Waals surface area contributed by atoms with Crippen molar-refractivity contribution in [2.24, 2.45) is 0 Å². The molecule has 0 bridgehead atoms. The van der Waals surface area contributed by atoms with Gasteiger partial charge in [0.15, 0.2) is 5.13 Å². The van der Waals surface area contributed by atoms with Crippen LogP contribution in [0.5, 0.6) is 0 Å². The van der Waals surface area contributed by atoms with Gasteiger partial charge in [0.2, 0.25) is 5.91 Å². The molecule has 0 atom stereocenters. The fourth-order valence-corrected chi connectivity index (χ4v) is 3.57. The molecule has 6 nitrogen and oxygen atoms in total. The van der Waals surface area contributed by atoms with Crippen LogP contribution in [0, 0.1) is 0 Å². The molecule has 2 amide bonds. The van der Waals surface area contributed by atoms with E-state index in [4.69, 9.17) is 0 Å². The van der Waals surface area contributed by atoms with E-state index in [1.807, 2.05) is 38.4 Å². The van der Waals surface area contributed by atoms with Gasteiger partial charge in [0, 0.05) is 23.7 Å². The van der Waals surface area contributed by atoms with Gasteiger partial charge in [0.25, 0.3) is 5.91 Å². The maximum Gasteiger partial charge on any atom is 0.254 e. The highest BCUT2D eigenvalue weighted by molar-refractivity contribution is 7.13. The van der Waals surface area contributed by atoms with E-state index in [1.54, 1.807) is 16.5 Å². The summed E-state index contributed by atoms with van der Waals surface area (Å²) in [6.45, 7) is 3.59. The number of anilines is 1. The lowest BCUT2D eigenvalue weighted by Gasteiger charge is -2.23. The van der Waals surface area contributed by atoms with Crippen LogP contribution in [-0.2, 0) is 11.2 Å². The van der Waals surface area contributed by atoms with Crippen molar-refractivity contribution < 1.29 is 9.59 Å². The molecule has 0 aliphatic carbocycles. The average Bonchev–Trinajstić information content (AvgIpc) is 3.20. The number of amides is 2. The standard InChI is InChI=1S/C22H32N4O2S/c1-4-5-6-8-18-9-11-19(12-10-18)21(28)26(15-7-14-25(2)3)17-20(27)24-22-23-13-16-29-22/h9-13,16H,4-8,14-15,17H2,1-3H3,(H,23,24,27). The Balaban J connectivity index is 2.01. The molecule has 1 aromatic carbocycles. The number of rotatable bonds is 12. The van der Waals surface area contributed by atoms with Crippen molar-refractivity contribution >= 4 is 28.3 Å². The zero-order valence-electron chi connectivity index (χ0n) is 17.7. The van der Waals surface area contributed by atoms with E-state index in [0.717, 1.165) is 25.8 Å². The molecular weight excluding hydrogens is 384 g/mol. The van der Waals surface area contributed by atoms with E-state index in [2.05, 4.69) is 22.1 Å². The first-order valence-corrected chi connectivity index (χ1v) is 11.1. The van der Waals surface area contributed by atoms with Crippen LogP contribution >= 0.6 is 11.3 Å². The van der Waals surface area contributed by atoms with Crippen molar-refractivity contribution in [3.63, 3.8) is 0 Å². The fourth-order valence-electron chi connectivity index (χ4n) is 3.02. The maximum absolute atomic E-state index is 13.0. The molecule has 0 saturated heterocycles. The van der Waals surface area contributed by atoms with Gasteiger partial charge in [-0.2, -0.15) is 0 Å². The van der Waals surface area contributed by atoms with Crippen molar-refractivity contribution in [3.8, 4) is 0 Å². The van der Waals surface area contributed by atoms with Crippen LogP contribution in [0.15, 0.2) is 35.8 Å². The van der Waals surface area contributed by atoms with Crippen molar-refractivity contribution in [1.29, 1.82) is 0 Å². The highest BCUT2D eigenvalue weighted by Gasteiger charge is 2.19. The van der Waals surface area contributed by atoms with Crippen LogP contribution in [0.25, 0.3) is 0 Å². The molecule has 2 rings (SSSR count). The van der Waals surface area contributed by atoms with E-state index >= 15 is 0 Å². The van der Waals surface area contributed by atoms with E-state index in [9.17, 15) is 9.59 Å². The van der Waals surface area contributed by atoms with Crippen LogP contribution in [0.4, 0.5) is 5.13 Å². The summed E-state index contributed by atoms with van der Waals surface area (Å²) in [7, 11) is 4.00. The Bertz CT molecular complexity index is 745. The van der Waals surface area contributed by atoms with Gasteiger partial charge in [0.05, 0.1) is 0 Å². The highest BCUT2D eigenvalue weighted by atomic mass is 32.1. The molecule has 0 aliphatic rings. The summed E-state index contributed by atoms with van der Waals surface area (Å²) in [4.78, 5) is 33.2. The Labute approximate surface area is 177 Å². The van der Waals surface area contributed by atoms with Crippen molar-refractivity contribution in [2.45, 2.75) is 39.0 Å². The predicted octanol–water partition coefficient (Wildman–Crippen LogP) is 3.91. The van der Waals surface area contributed by atoms with Gasteiger partial charge >= 0.3 is 0 Å². The minimum absolute atomic E-state index is 0.0179. The minimum atomic E-state index is -0.227. The quantitative estimate of drug-likeness (QED) is 0.533. The van der Waals surface area contributed by atoms with Gasteiger partial charge in [0.1, 0.15) is 6.54 Å². The average molecular weight is 417 g/mol. The first-order valence-electron chi connectivity index (χ1n) is 10.2. The number of benzene rings is 1. The van der Waals surface area contributed by atoms with Crippen LogP contribution in [0.2, 0.25) is 0 Å². The monoisotopic (exact) mass is 416 g/mol. The van der Waals surface area contributed by atoms with Gasteiger partial charge in [-0.05, 0) is 57.6 Å². The summed E-state index contributed by atoms with van der Waals surface area (Å²) < 4.78 is 0. The largest absolute Gasteiger partial charge is 0.329 e. The summed E-state index contributed by atoms with van der Waals surface area (Å²) in [5.74, 6) is -0.340. The number of thiazole rings is 1. The first kappa shape index (κ1) is 23.0. The van der Waals surface area contributed by atoms with Crippen molar-refractivity contribution in [2.75, 3.05) is 39.0 Å². The lowest BCUT2D eigenvalue weighted by Crippen LogP contribution is -2.39. The summed E-state index contributed by atoms with van der Waals surface area (Å²) in [6, 6.07) is 7.80. The van der Waals surface area contributed by atoms with Gasteiger partial charge in [-0.1, -0.05) is 31.9 Å². The Morgan fingerprint density at radius 2 is 1.83 bits per heavy atom. The van der Waals surface area contributed by atoms with Gasteiger partial charge in [-0.15, -0.1) is 11.3 Å². The van der Waals surface area contributed by atoms with Crippen LogP contribution in [-0.4, -0.2) is 60.3 Å². The maximum atomic E-state index is 13.0. The molecule has 158 valence electrons. The normalized spacial score (nSPS) is 10.9. The molecule has 29 heavy (non-hydrogen) atoms. The van der Waals surface area contributed by atoms with Crippen LogP contribution in [0.3, 0.4) is 0 Å². The molecule has 0 unspecified atom stereocenters. The predicted molar refractivity (Wildman–Crippen MR) is 119 cm³/mol. The summed E-state index contributed by atoms with van der Waals surface area (Å²) in [5.41, 5.74) is 1.87. The smallest absolute Gasteiger partial charge is 0.254 e. The summed E-state index contributed by atoms with van der Waals surface area (Å²) in [6.07, 6.45) is 7.05. The second-order valence-corrected chi connectivity index (χ2v) is 8.32. The fraction of sp³-hybridized carbons (Fsp3) is 0.500. The molecule has 0 aliphatic heterocycles. The topological polar surface area (TPSA) is 65.5 Å². The van der Waals surface area contributed by atoms with E-state index in [-0.39, 0.29) is 18.4 Å². The van der Waals surface area contributed by atoms with Crippen LogP contribution in [0.1, 0.15) is 48.5 Å². The zero-order chi connectivity index (χ0) is 21.1. The lowest BCUT2D eigenvalue weighted by atomic mass is 10.0. The Morgan fingerprint density at radius 1 is 1.07 bits per heavy atom. The number of aromatic nitrogens is 1. The third-order valence-electron chi connectivity index (χ3n) is 4.60. The van der Waals surface area contributed by atoms with Gasteiger partial charge < -0.3 is 15.1 Å². The molecule has 1 N–H and O–H groups in total. The summed E-state index contributed by atoms with van der Waals surface area (Å²) >= 11 is 1.36. The number of hydrogen-bond donors (Lipinski definition) is 1. The van der Waals surface area contributed by atoms with E-state index in [1.165, 1.54) is 29.7 Å². The Morgan fingerprint density at radius 3 is 2.45 bits per heavy atom. The molecule has 0 spiro atoms. The molecule has 0 radical (unpaired) electrons. The SMILES string of the molecule is CCCCCc1ccc(C(=O)N(CCCN(C)C)CC(=O)Nc2nccs2)cc1. The second kappa shape index (κ2) is 12.3. The third-order valence-corrected chi connectivity index (χ3v) is 5.29. The number of unbranched alkanes of at least 4 members (excludes halogenated alkanes) is 2. The number of nitrogens with zero attached hydrogens (tertiary/aromatic N) is 3. The molecule has 1 heterocycles. The molecular formula is C22H32N4O2S. The Hall–Kier alpha value is -2.25. The highest BCUT2D eigenvalue weighted by Crippen LogP contribution is 2.13. The first-order chi connectivity index (χ1) is 14.0. The van der Waals surface area contributed by atoms with Gasteiger partial charge in [-0.25, -0.2) is 4.98 Å². The Kier molecular flexibility index (Phi) is 9.80. The molecule has 7 heteroatoms.